The van der Waals surface area contributed by atoms with E-state index in [0.29, 0.717) is 17.7 Å². The van der Waals surface area contributed by atoms with Gasteiger partial charge in [0.2, 0.25) is 16.9 Å². The highest BCUT2D eigenvalue weighted by Crippen LogP contribution is 2.48. The van der Waals surface area contributed by atoms with Crippen molar-refractivity contribution in [2.24, 2.45) is 0 Å². The summed E-state index contributed by atoms with van der Waals surface area (Å²) >= 11 is 0. The van der Waals surface area contributed by atoms with Gasteiger partial charge in [-0.05, 0) is 103 Å². The Morgan fingerprint density at radius 2 is 1.38 bits per heavy atom. The van der Waals surface area contributed by atoms with Crippen molar-refractivity contribution in [2.45, 2.75) is 77.1 Å². The van der Waals surface area contributed by atoms with Crippen molar-refractivity contribution in [3.63, 3.8) is 0 Å². The van der Waals surface area contributed by atoms with Crippen molar-refractivity contribution in [3.05, 3.63) is 114 Å². The van der Waals surface area contributed by atoms with Crippen LogP contribution in [-0.2, 0) is 25.4 Å². The number of aromatic hydroxyl groups is 2. The molecule has 6 nitrogen and oxygen atoms in total. The van der Waals surface area contributed by atoms with Crippen LogP contribution >= 0.6 is 0 Å². The van der Waals surface area contributed by atoms with E-state index in [1.807, 2.05) is 30.3 Å². The highest BCUT2D eigenvalue weighted by Gasteiger charge is 2.77. The summed E-state index contributed by atoms with van der Waals surface area (Å²) in [6.07, 6.45) is 0.571. The summed E-state index contributed by atoms with van der Waals surface area (Å²) in [6, 6.07) is 33.1. The first-order chi connectivity index (χ1) is 22.1. The molecule has 1 atom stereocenters. The van der Waals surface area contributed by atoms with Gasteiger partial charge in [-0.15, -0.1) is 0 Å². The lowest BCUT2D eigenvalue weighted by Gasteiger charge is -2.31. The molecule has 4 aromatic carbocycles. The second-order valence-electron chi connectivity index (χ2n) is 14.4. The van der Waals surface area contributed by atoms with Gasteiger partial charge >= 0.3 is 0 Å². The largest absolute Gasteiger partial charge is 0.508 e. The van der Waals surface area contributed by atoms with E-state index in [2.05, 4.69) is 108 Å². The van der Waals surface area contributed by atoms with Gasteiger partial charge in [0.15, 0.2) is 26.6 Å². The Morgan fingerprint density at radius 1 is 0.809 bits per heavy atom. The number of phenols is 2. The van der Waals surface area contributed by atoms with E-state index in [4.69, 9.17) is 17.7 Å². The third-order valence-corrected chi connectivity index (χ3v) is 29.9. The molecule has 1 unspecified atom stereocenters. The zero-order valence-corrected chi connectivity index (χ0v) is 33.0. The smallest absolute Gasteiger partial charge is 0.270 e. The van der Waals surface area contributed by atoms with Gasteiger partial charge in [0.05, 0.1) is 5.22 Å². The molecule has 249 valence electrons. The molecule has 0 amide bonds. The van der Waals surface area contributed by atoms with Crippen molar-refractivity contribution in [3.8, 4) is 17.2 Å². The number of hydrogen-bond donors (Lipinski definition) is 2. The monoisotopic (exact) mass is 701 g/mol. The summed E-state index contributed by atoms with van der Waals surface area (Å²) < 4.78 is 25.7. The van der Waals surface area contributed by atoms with Gasteiger partial charge < -0.3 is 27.9 Å². The van der Waals surface area contributed by atoms with E-state index >= 15 is 0 Å². The van der Waals surface area contributed by atoms with Crippen LogP contribution in [0.5, 0.6) is 17.2 Å². The fourth-order valence-electron chi connectivity index (χ4n) is 6.78. The Morgan fingerprint density at radius 3 is 1.94 bits per heavy atom. The fourth-order valence-corrected chi connectivity index (χ4v) is 28.2. The molecule has 1 aliphatic rings. The average Bonchev–Trinajstić information content (AvgIpc) is 3.63. The summed E-state index contributed by atoms with van der Waals surface area (Å²) in [5.41, 5.74) is 3.25. The number of rotatable bonds is 14. The van der Waals surface area contributed by atoms with Crippen LogP contribution in [0.15, 0.2) is 97.1 Å². The van der Waals surface area contributed by atoms with E-state index in [1.54, 1.807) is 12.1 Å². The van der Waals surface area contributed by atoms with Gasteiger partial charge in [-0.25, -0.2) is 0 Å². The SMILES string of the molecule is CC(C)[Si](O[Si](C)(C)Cc1ccc(Cc2ccc(OCO[Si](C)(C)[Si]3(c4ccccc4)OC3(C)C)c(O)c2)cc1O)c1ccccc1. The van der Waals surface area contributed by atoms with E-state index < -0.39 is 33.0 Å². The Hall–Kier alpha value is -2.97. The summed E-state index contributed by atoms with van der Waals surface area (Å²) in [4.78, 5) is 0. The van der Waals surface area contributed by atoms with Crippen molar-refractivity contribution in [1.82, 2.24) is 0 Å². The summed E-state index contributed by atoms with van der Waals surface area (Å²) in [5.74, 6) is 0.737. The van der Waals surface area contributed by atoms with Crippen LogP contribution in [0.2, 0.25) is 31.7 Å². The highest BCUT2D eigenvalue weighted by atomic mass is 29.3. The Labute approximate surface area is 285 Å². The molecule has 0 saturated carbocycles. The minimum absolute atomic E-state index is 0.0525. The lowest BCUT2D eigenvalue weighted by atomic mass is 10.0. The molecule has 10 heteroatoms. The molecule has 4 aromatic rings. The van der Waals surface area contributed by atoms with Gasteiger partial charge in [-0.3, -0.25) is 0 Å². The number of ether oxygens (including phenoxy) is 1. The maximum Gasteiger partial charge on any atom is 0.270 e. The van der Waals surface area contributed by atoms with Crippen LogP contribution in [0.4, 0.5) is 0 Å². The first-order valence-corrected chi connectivity index (χ1v) is 26.8. The second kappa shape index (κ2) is 13.9. The van der Waals surface area contributed by atoms with Crippen molar-refractivity contribution >= 4 is 43.4 Å². The standard InChI is InChI=1S/C37H49O6Si4/c1-28(2)44(32-15-11-9-12-16-32)43-45(5,6)26-31-21-19-29(24-34(31)38)23-30-20-22-36(35(39)25-30)40-27-41-46(7,8)47(37(3,4)42-47)33-17-13-10-14-18-33/h9-22,24-25,28,38-39H,23,26-27H2,1-8H3. The number of hydrogen-bond acceptors (Lipinski definition) is 6. The lowest BCUT2D eigenvalue weighted by Crippen LogP contribution is -2.63. The van der Waals surface area contributed by atoms with Gasteiger partial charge in [-0.2, -0.15) is 0 Å². The van der Waals surface area contributed by atoms with Crippen LogP contribution < -0.4 is 15.1 Å². The third-order valence-electron chi connectivity index (χ3n) is 9.04. The minimum Gasteiger partial charge on any atom is -0.508 e. The molecule has 1 radical (unpaired) electrons. The van der Waals surface area contributed by atoms with Crippen LogP contribution in [0, 0.1) is 0 Å². The summed E-state index contributed by atoms with van der Waals surface area (Å²) in [5, 5.41) is 24.2. The third kappa shape index (κ3) is 7.85. The molecule has 47 heavy (non-hydrogen) atoms. The highest BCUT2D eigenvalue weighted by molar-refractivity contribution is 7.46. The maximum atomic E-state index is 11.0. The van der Waals surface area contributed by atoms with Crippen LogP contribution in [-0.4, -0.2) is 55.3 Å². The Balaban J connectivity index is 1.18. The number of phenolic OH excluding ortho intramolecular Hbond substituents is 2. The molecular weight excluding hydrogens is 653 g/mol. The number of benzene rings is 4. The molecule has 2 N–H and O–H groups in total. The zero-order valence-electron chi connectivity index (χ0n) is 29.0. The van der Waals surface area contributed by atoms with Gasteiger partial charge in [-0.1, -0.05) is 92.7 Å². The van der Waals surface area contributed by atoms with Crippen molar-refractivity contribution < 1.29 is 27.9 Å². The van der Waals surface area contributed by atoms with Crippen molar-refractivity contribution in [1.29, 1.82) is 0 Å². The predicted molar refractivity (Wildman–Crippen MR) is 199 cm³/mol. The predicted octanol–water partition coefficient (Wildman–Crippen LogP) is 7.14. The minimum atomic E-state index is -2.30. The van der Waals surface area contributed by atoms with E-state index in [-0.39, 0.29) is 23.5 Å². The molecule has 0 aliphatic carbocycles. The Bertz CT molecular complexity index is 1660. The molecule has 1 heterocycles. The first kappa shape index (κ1) is 35.3. The summed E-state index contributed by atoms with van der Waals surface area (Å²) in [7, 11) is -7.89. The van der Waals surface area contributed by atoms with Gasteiger partial charge in [0.1, 0.15) is 5.75 Å². The van der Waals surface area contributed by atoms with Crippen LogP contribution in [0.25, 0.3) is 0 Å². The van der Waals surface area contributed by atoms with Crippen molar-refractivity contribution in [2.75, 3.05) is 6.79 Å². The van der Waals surface area contributed by atoms with E-state index in [1.165, 1.54) is 10.4 Å². The zero-order chi connectivity index (χ0) is 34.0. The van der Waals surface area contributed by atoms with Crippen LogP contribution in [0.3, 0.4) is 0 Å². The van der Waals surface area contributed by atoms with Gasteiger partial charge in [0.25, 0.3) is 7.83 Å². The average molecular weight is 702 g/mol. The molecule has 1 saturated heterocycles. The second-order valence-corrected chi connectivity index (χ2v) is 34.0. The fraction of sp³-hybridized carbons (Fsp3) is 0.351. The van der Waals surface area contributed by atoms with Crippen LogP contribution in [0.1, 0.15) is 44.4 Å². The normalized spacial score (nSPS) is 17.7. The topological polar surface area (TPSA) is 80.7 Å². The molecule has 0 aromatic heterocycles. The van der Waals surface area contributed by atoms with Gasteiger partial charge in [0, 0.05) is 0 Å². The molecular formula is C37H49O6Si4. The lowest BCUT2D eigenvalue weighted by molar-refractivity contribution is 0.113. The van der Waals surface area contributed by atoms with E-state index in [9.17, 15) is 10.2 Å². The quantitative estimate of drug-likeness (QED) is 0.0827. The summed E-state index contributed by atoms with van der Waals surface area (Å²) in [6.45, 7) is 17.7. The first-order valence-electron chi connectivity index (χ1n) is 16.4. The molecule has 1 aliphatic heterocycles. The molecule has 5 rings (SSSR count). The molecule has 0 spiro atoms. The Kier molecular flexibility index (Phi) is 10.4. The maximum absolute atomic E-state index is 11.0. The molecule has 0 bridgehead atoms. The molecule has 1 fully saturated rings. The van der Waals surface area contributed by atoms with E-state index in [0.717, 1.165) is 22.7 Å².